The number of hydrogen-bond acceptors (Lipinski definition) is 2. The van der Waals surface area contributed by atoms with Gasteiger partial charge < -0.3 is 15.7 Å². The zero-order chi connectivity index (χ0) is 16.5. The van der Waals surface area contributed by atoms with E-state index in [0.29, 0.717) is 11.8 Å². The summed E-state index contributed by atoms with van der Waals surface area (Å²) in [5.41, 5.74) is 3.72. The summed E-state index contributed by atoms with van der Waals surface area (Å²) < 4.78 is 0. The van der Waals surface area contributed by atoms with Crippen LogP contribution in [-0.2, 0) is 6.42 Å². The number of benzene rings is 2. The molecule has 0 saturated heterocycles. The molecule has 24 heavy (non-hydrogen) atoms. The highest BCUT2D eigenvalue weighted by Crippen LogP contribution is 2.54. The minimum Gasteiger partial charge on any atom is -0.394 e. The number of aryl methyl sites for hydroxylation is 1. The van der Waals surface area contributed by atoms with Gasteiger partial charge in [0.15, 0.2) is 0 Å². The molecule has 1 saturated carbocycles. The molecule has 2 aliphatic carbocycles. The van der Waals surface area contributed by atoms with Crippen LogP contribution in [0.15, 0.2) is 54.6 Å². The SMILES string of the molecule is O=C(NC(CO)c1ccccc1)NC1C2CCc3ccccc3C21. The Balaban J connectivity index is 1.40. The molecule has 1 fully saturated rings. The highest BCUT2D eigenvalue weighted by molar-refractivity contribution is 5.75. The Morgan fingerprint density at radius 2 is 1.88 bits per heavy atom. The summed E-state index contributed by atoms with van der Waals surface area (Å²) in [5, 5.41) is 15.6. The largest absolute Gasteiger partial charge is 0.394 e. The third kappa shape index (κ3) is 2.78. The molecule has 4 rings (SSSR count). The van der Waals surface area contributed by atoms with Crippen molar-refractivity contribution in [2.24, 2.45) is 5.92 Å². The van der Waals surface area contributed by atoms with Crippen molar-refractivity contribution in [1.29, 1.82) is 0 Å². The zero-order valence-electron chi connectivity index (χ0n) is 13.5. The number of amides is 2. The number of carbonyl (C=O) groups excluding carboxylic acids is 1. The fraction of sp³-hybridized carbons (Fsp3) is 0.350. The number of aliphatic hydroxyl groups excluding tert-OH is 1. The smallest absolute Gasteiger partial charge is 0.315 e. The molecule has 0 spiro atoms. The third-order valence-corrected chi connectivity index (χ3v) is 5.32. The van der Waals surface area contributed by atoms with Gasteiger partial charge in [0.2, 0.25) is 0 Å². The third-order valence-electron chi connectivity index (χ3n) is 5.32. The first-order chi connectivity index (χ1) is 11.8. The molecule has 0 aliphatic heterocycles. The second-order valence-electron chi connectivity index (χ2n) is 6.72. The normalized spacial score (nSPS) is 25.1. The Bertz CT molecular complexity index is 731. The summed E-state index contributed by atoms with van der Waals surface area (Å²) >= 11 is 0. The molecule has 0 radical (unpaired) electrons. The number of aliphatic hydroxyl groups is 1. The van der Waals surface area contributed by atoms with Gasteiger partial charge in [-0.05, 0) is 35.4 Å². The van der Waals surface area contributed by atoms with E-state index in [-0.39, 0.29) is 24.7 Å². The first-order valence-corrected chi connectivity index (χ1v) is 8.58. The van der Waals surface area contributed by atoms with E-state index in [2.05, 4.69) is 34.9 Å². The lowest BCUT2D eigenvalue weighted by Crippen LogP contribution is -2.41. The summed E-state index contributed by atoms with van der Waals surface area (Å²) in [6.45, 7) is -0.113. The fourth-order valence-electron chi connectivity index (χ4n) is 4.03. The van der Waals surface area contributed by atoms with Gasteiger partial charge in [-0.2, -0.15) is 0 Å². The lowest BCUT2D eigenvalue weighted by atomic mass is 9.92. The average molecular weight is 322 g/mol. The van der Waals surface area contributed by atoms with Crippen molar-refractivity contribution in [2.75, 3.05) is 6.61 Å². The van der Waals surface area contributed by atoms with Crippen LogP contribution >= 0.6 is 0 Å². The first kappa shape index (κ1) is 15.2. The van der Waals surface area contributed by atoms with Gasteiger partial charge in [-0.15, -0.1) is 0 Å². The summed E-state index contributed by atoms with van der Waals surface area (Å²) in [5.74, 6) is 1.000. The second-order valence-corrected chi connectivity index (χ2v) is 6.72. The number of rotatable bonds is 4. The average Bonchev–Trinajstić information content (AvgIpc) is 3.33. The van der Waals surface area contributed by atoms with E-state index in [1.54, 1.807) is 0 Å². The second kappa shape index (κ2) is 6.29. The van der Waals surface area contributed by atoms with Crippen LogP contribution in [0.4, 0.5) is 4.79 Å². The van der Waals surface area contributed by atoms with Gasteiger partial charge in [0.05, 0.1) is 12.6 Å². The van der Waals surface area contributed by atoms with Crippen molar-refractivity contribution in [2.45, 2.75) is 30.8 Å². The minimum absolute atomic E-state index is 0.113. The van der Waals surface area contributed by atoms with Gasteiger partial charge in [-0.25, -0.2) is 4.79 Å². The maximum Gasteiger partial charge on any atom is 0.315 e. The summed E-state index contributed by atoms with van der Waals surface area (Å²) in [6, 6.07) is 17.7. The van der Waals surface area contributed by atoms with E-state index >= 15 is 0 Å². The van der Waals surface area contributed by atoms with E-state index in [1.807, 2.05) is 30.3 Å². The number of fused-ring (bicyclic) bond motifs is 3. The molecular formula is C20H22N2O2. The molecule has 2 amide bonds. The fourth-order valence-corrected chi connectivity index (χ4v) is 4.03. The van der Waals surface area contributed by atoms with Crippen molar-refractivity contribution >= 4 is 6.03 Å². The summed E-state index contributed by atoms with van der Waals surface area (Å²) in [7, 11) is 0. The predicted molar refractivity (Wildman–Crippen MR) is 92.7 cm³/mol. The van der Waals surface area contributed by atoms with E-state index in [9.17, 15) is 9.90 Å². The molecule has 2 aliphatic rings. The number of carbonyl (C=O) groups is 1. The van der Waals surface area contributed by atoms with Crippen molar-refractivity contribution in [3.8, 4) is 0 Å². The highest BCUT2D eigenvalue weighted by atomic mass is 16.3. The Morgan fingerprint density at radius 3 is 2.67 bits per heavy atom. The number of hydrogen-bond donors (Lipinski definition) is 3. The van der Waals surface area contributed by atoms with E-state index in [1.165, 1.54) is 11.1 Å². The van der Waals surface area contributed by atoms with E-state index < -0.39 is 0 Å². The van der Waals surface area contributed by atoms with Crippen LogP contribution in [-0.4, -0.2) is 23.8 Å². The van der Waals surface area contributed by atoms with Gasteiger partial charge in [0.1, 0.15) is 0 Å². The molecule has 4 atom stereocenters. The van der Waals surface area contributed by atoms with Crippen LogP contribution < -0.4 is 10.6 Å². The van der Waals surface area contributed by atoms with Crippen molar-refractivity contribution in [3.05, 3.63) is 71.3 Å². The van der Waals surface area contributed by atoms with Crippen LogP contribution in [0.3, 0.4) is 0 Å². The molecule has 0 heterocycles. The predicted octanol–water partition coefficient (Wildman–Crippen LogP) is 2.75. The van der Waals surface area contributed by atoms with Gasteiger partial charge >= 0.3 is 6.03 Å². The quantitative estimate of drug-likeness (QED) is 0.810. The van der Waals surface area contributed by atoms with E-state index in [4.69, 9.17) is 0 Å². The summed E-state index contributed by atoms with van der Waals surface area (Å²) in [6.07, 6.45) is 2.23. The maximum atomic E-state index is 12.4. The molecule has 4 nitrogen and oxygen atoms in total. The van der Waals surface area contributed by atoms with Crippen LogP contribution in [0.5, 0.6) is 0 Å². The standard InChI is InChI=1S/C20H22N2O2/c23-12-17(14-7-2-1-3-8-14)21-20(24)22-19-16-11-10-13-6-4-5-9-15(13)18(16)19/h1-9,16-19,23H,10-12H2,(H2,21,22,24). The van der Waals surface area contributed by atoms with Crippen molar-refractivity contribution in [1.82, 2.24) is 10.6 Å². The maximum absolute atomic E-state index is 12.4. The van der Waals surface area contributed by atoms with Gasteiger partial charge in [-0.1, -0.05) is 54.6 Å². The van der Waals surface area contributed by atoms with Crippen LogP contribution in [0.1, 0.15) is 35.1 Å². The Labute approximate surface area is 141 Å². The molecular weight excluding hydrogens is 300 g/mol. The van der Waals surface area contributed by atoms with Crippen molar-refractivity contribution < 1.29 is 9.90 Å². The van der Waals surface area contributed by atoms with Crippen molar-refractivity contribution in [3.63, 3.8) is 0 Å². The molecule has 124 valence electrons. The molecule has 4 heteroatoms. The van der Waals surface area contributed by atoms with Gasteiger partial charge in [-0.3, -0.25) is 0 Å². The minimum atomic E-state index is -0.376. The molecule has 0 aromatic heterocycles. The molecule has 2 aromatic carbocycles. The van der Waals surface area contributed by atoms with E-state index in [0.717, 1.165) is 18.4 Å². The summed E-state index contributed by atoms with van der Waals surface area (Å²) in [4.78, 5) is 12.4. The van der Waals surface area contributed by atoms with Crippen LogP contribution in [0.2, 0.25) is 0 Å². The molecule has 2 aromatic rings. The Kier molecular flexibility index (Phi) is 3.98. The van der Waals surface area contributed by atoms with Crippen LogP contribution in [0, 0.1) is 5.92 Å². The molecule has 4 unspecified atom stereocenters. The molecule has 3 N–H and O–H groups in total. The highest BCUT2D eigenvalue weighted by Gasteiger charge is 2.53. The zero-order valence-corrected chi connectivity index (χ0v) is 13.5. The Morgan fingerprint density at radius 1 is 1.12 bits per heavy atom. The number of urea groups is 1. The number of nitrogens with one attached hydrogen (secondary N) is 2. The topological polar surface area (TPSA) is 61.4 Å². The Hall–Kier alpha value is -2.33. The lowest BCUT2D eigenvalue weighted by Gasteiger charge is -2.17. The van der Waals surface area contributed by atoms with Gasteiger partial charge in [0.25, 0.3) is 0 Å². The van der Waals surface area contributed by atoms with Gasteiger partial charge in [0, 0.05) is 12.0 Å². The molecule has 0 bridgehead atoms. The van der Waals surface area contributed by atoms with Crippen LogP contribution in [0.25, 0.3) is 0 Å². The first-order valence-electron chi connectivity index (χ1n) is 8.58. The lowest BCUT2D eigenvalue weighted by molar-refractivity contribution is 0.216. The monoisotopic (exact) mass is 322 g/mol.